The molecule has 0 bridgehead atoms. The van der Waals surface area contributed by atoms with Gasteiger partial charge in [0, 0.05) is 35.1 Å². The molecule has 0 aliphatic rings. The largest absolute Gasteiger partial charge is 0.496 e. The molecule has 4 rings (SSSR count). The molecule has 6 nitrogen and oxygen atoms in total. The van der Waals surface area contributed by atoms with E-state index in [-0.39, 0.29) is 5.91 Å². The lowest BCUT2D eigenvalue weighted by Crippen LogP contribution is -2.14. The van der Waals surface area contributed by atoms with Crippen LogP contribution < -0.4 is 10.1 Å². The third kappa shape index (κ3) is 4.28. The maximum absolute atomic E-state index is 12.4. The Bertz CT molecular complexity index is 1240. The molecule has 6 heteroatoms. The fourth-order valence-electron chi connectivity index (χ4n) is 3.78. The highest BCUT2D eigenvalue weighted by Gasteiger charge is 2.16. The van der Waals surface area contributed by atoms with Gasteiger partial charge in [-0.3, -0.25) is 4.79 Å². The molecule has 0 atom stereocenters. The van der Waals surface area contributed by atoms with Gasteiger partial charge in [-0.15, -0.1) is 0 Å². The molecule has 1 amide bonds. The lowest BCUT2D eigenvalue weighted by atomic mass is 10.1. The van der Waals surface area contributed by atoms with E-state index in [2.05, 4.69) is 5.32 Å². The molecule has 0 unspecified atom stereocenters. The number of fused-ring (bicyclic) bond motifs is 1. The lowest BCUT2D eigenvalue weighted by Gasteiger charge is -2.11. The normalized spacial score (nSPS) is 11.0. The molecule has 31 heavy (non-hydrogen) atoms. The van der Waals surface area contributed by atoms with Crippen molar-refractivity contribution in [3.8, 4) is 17.0 Å². The van der Waals surface area contributed by atoms with Gasteiger partial charge < -0.3 is 10.1 Å². The second kappa shape index (κ2) is 8.60. The maximum atomic E-state index is 12.4. The number of hydrogen-bond acceptors (Lipinski definition) is 4. The van der Waals surface area contributed by atoms with E-state index < -0.39 is 0 Å². The molecule has 2 heterocycles. The molecule has 0 aliphatic heterocycles. The van der Waals surface area contributed by atoms with Crippen molar-refractivity contribution in [3.63, 3.8) is 0 Å². The van der Waals surface area contributed by atoms with Gasteiger partial charge in [-0.05, 0) is 57.0 Å². The first kappa shape index (κ1) is 20.6. The Kier molecular flexibility index (Phi) is 5.71. The highest BCUT2D eigenvalue weighted by molar-refractivity contribution is 5.90. The number of aryl methyl sites for hydroxylation is 3. The fraction of sp³-hybridized carbons (Fsp3) is 0.240. The summed E-state index contributed by atoms with van der Waals surface area (Å²) < 4.78 is 7.33. The van der Waals surface area contributed by atoms with Crippen LogP contribution >= 0.6 is 0 Å². The number of aromatic nitrogens is 3. The minimum atomic E-state index is -0.0158. The summed E-state index contributed by atoms with van der Waals surface area (Å²) in [6.07, 6.45) is 0.978. The van der Waals surface area contributed by atoms with E-state index >= 15 is 0 Å². The van der Waals surface area contributed by atoms with Crippen LogP contribution in [-0.4, -0.2) is 27.6 Å². The fourth-order valence-corrected chi connectivity index (χ4v) is 3.78. The average Bonchev–Trinajstić information content (AvgIpc) is 3.19. The smallest absolute Gasteiger partial charge is 0.224 e. The molecule has 0 spiro atoms. The van der Waals surface area contributed by atoms with Gasteiger partial charge in [-0.2, -0.15) is 5.10 Å². The molecule has 2 aromatic carbocycles. The zero-order valence-corrected chi connectivity index (χ0v) is 18.3. The first-order chi connectivity index (χ1) is 15.0. The highest BCUT2D eigenvalue weighted by atomic mass is 16.5. The standard InChI is InChI=1S/C25H26N4O2/c1-16-9-11-19(12-10-16)27-25(30)14-13-20-17(2)26-24-15-22(28-29(24)18(20)3)21-7-5-6-8-23(21)31-4/h5-12,15H,13-14H2,1-4H3,(H,27,30). The van der Waals surface area contributed by atoms with Crippen LogP contribution in [0.4, 0.5) is 5.69 Å². The van der Waals surface area contributed by atoms with Crippen molar-refractivity contribution in [3.05, 3.63) is 77.1 Å². The second-order valence-electron chi connectivity index (χ2n) is 7.68. The molecule has 4 aromatic rings. The topological polar surface area (TPSA) is 68.5 Å². The molecule has 158 valence electrons. The molecule has 2 aromatic heterocycles. The minimum absolute atomic E-state index is 0.0158. The first-order valence-electron chi connectivity index (χ1n) is 10.3. The Morgan fingerprint density at radius 3 is 2.55 bits per heavy atom. The minimum Gasteiger partial charge on any atom is -0.496 e. The Morgan fingerprint density at radius 1 is 1.06 bits per heavy atom. The number of nitrogens with zero attached hydrogens (tertiary/aromatic N) is 3. The number of carbonyl (C=O) groups is 1. The first-order valence-corrected chi connectivity index (χ1v) is 10.3. The number of carbonyl (C=O) groups excluding carboxylic acids is 1. The Morgan fingerprint density at radius 2 is 1.81 bits per heavy atom. The quantitative estimate of drug-likeness (QED) is 0.487. The molecule has 0 radical (unpaired) electrons. The molecule has 1 N–H and O–H groups in total. The summed E-state index contributed by atoms with van der Waals surface area (Å²) in [5, 5.41) is 7.73. The van der Waals surface area contributed by atoms with Crippen molar-refractivity contribution >= 4 is 17.2 Å². The van der Waals surface area contributed by atoms with Crippen LogP contribution in [0.2, 0.25) is 0 Å². The third-order valence-corrected chi connectivity index (χ3v) is 5.48. The number of methoxy groups -OCH3 is 1. The number of ether oxygens (including phenoxy) is 1. The zero-order chi connectivity index (χ0) is 22.0. The predicted octanol–water partition coefficient (Wildman–Crippen LogP) is 4.90. The SMILES string of the molecule is COc1ccccc1-c1cc2nc(C)c(CCC(=O)Nc3ccc(C)cc3)c(C)n2n1. The van der Waals surface area contributed by atoms with Gasteiger partial charge in [-0.25, -0.2) is 9.50 Å². The van der Waals surface area contributed by atoms with Crippen LogP contribution in [-0.2, 0) is 11.2 Å². The number of rotatable bonds is 6. The van der Waals surface area contributed by atoms with Gasteiger partial charge in [0.05, 0.1) is 12.8 Å². The predicted molar refractivity (Wildman–Crippen MR) is 123 cm³/mol. The maximum Gasteiger partial charge on any atom is 0.224 e. The van der Waals surface area contributed by atoms with Crippen LogP contribution in [0.3, 0.4) is 0 Å². The molecular weight excluding hydrogens is 388 g/mol. The van der Waals surface area contributed by atoms with E-state index in [0.717, 1.165) is 50.9 Å². The summed E-state index contributed by atoms with van der Waals surface area (Å²) in [6, 6.07) is 17.6. The van der Waals surface area contributed by atoms with Crippen LogP contribution in [0.25, 0.3) is 16.9 Å². The monoisotopic (exact) mass is 414 g/mol. The highest BCUT2D eigenvalue weighted by Crippen LogP contribution is 2.30. The van der Waals surface area contributed by atoms with E-state index in [0.29, 0.717) is 12.8 Å². The molecule has 0 saturated carbocycles. The summed E-state index contributed by atoms with van der Waals surface area (Å²) in [5.74, 6) is 0.756. The van der Waals surface area contributed by atoms with Crippen molar-refractivity contribution in [2.24, 2.45) is 0 Å². The van der Waals surface area contributed by atoms with Gasteiger partial charge >= 0.3 is 0 Å². The van der Waals surface area contributed by atoms with Crippen molar-refractivity contribution in [1.29, 1.82) is 0 Å². The van der Waals surface area contributed by atoms with Gasteiger partial charge in [0.15, 0.2) is 5.65 Å². The van der Waals surface area contributed by atoms with Crippen LogP contribution in [0.15, 0.2) is 54.6 Å². The molecule has 0 aliphatic carbocycles. The summed E-state index contributed by atoms with van der Waals surface area (Å²) in [5.41, 5.74) is 7.44. The zero-order valence-electron chi connectivity index (χ0n) is 18.3. The van der Waals surface area contributed by atoms with E-state index in [9.17, 15) is 4.79 Å². The van der Waals surface area contributed by atoms with Crippen LogP contribution in [0.5, 0.6) is 5.75 Å². The van der Waals surface area contributed by atoms with E-state index in [1.54, 1.807) is 7.11 Å². The number of benzene rings is 2. The molecular formula is C25H26N4O2. The van der Waals surface area contributed by atoms with E-state index in [1.807, 2.05) is 79.9 Å². The lowest BCUT2D eigenvalue weighted by molar-refractivity contribution is -0.116. The summed E-state index contributed by atoms with van der Waals surface area (Å²) >= 11 is 0. The second-order valence-corrected chi connectivity index (χ2v) is 7.68. The van der Waals surface area contributed by atoms with Crippen molar-refractivity contribution in [2.45, 2.75) is 33.6 Å². The number of hydrogen-bond donors (Lipinski definition) is 1. The van der Waals surface area contributed by atoms with Crippen LogP contribution in [0.1, 0.15) is 28.9 Å². The summed E-state index contributed by atoms with van der Waals surface area (Å²) in [4.78, 5) is 17.2. The summed E-state index contributed by atoms with van der Waals surface area (Å²) in [6.45, 7) is 6.03. The number of nitrogens with one attached hydrogen (secondary N) is 1. The summed E-state index contributed by atoms with van der Waals surface area (Å²) in [7, 11) is 1.65. The molecule has 0 saturated heterocycles. The van der Waals surface area contributed by atoms with E-state index in [4.69, 9.17) is 14.8 Å². The Hall–Kier alpha value is -3.67. The van der Waals surface area contributed by atoms with Gasteiger partial charge in [0.25, 0.3) is 0 Å². The number of anilines is 1. The van der Waals surface area contributed by atoms with Crippen molar-refractivity contribution in [1.82, 2.24) is 14.6 Å². The molecule has 0 fully saturated rings. The Balaban J connectivity index is 1.57. The average molecular weight is 415 g/mol. The van der Waals surface area contributed by atoms with Gasteiger partial charge in [-0.1, -0.05) is 29.8 Å². The van der Waals surface area contributed by atoms with Gasteiger partial charge in [0.2, 0.25) is 5.91 Å². The van der Waals surface area contributed by atoms with Gasteiger partial charge in [0.1, 0.15) is 5.75 Å². The number of amides is 1. The Labute approximate surface area is 181 Å². The van der Waals surface area contributed by atoms with Crippen molar-refractivity contribution in [2.75, 3.05) is 12.4 Å². The van der Waals surface area contributed by atoms with Crippen LogP contribution in [0, 0.1) is 20.8 Å². The van der Waals surface area contributed by atoms with Crippen molar-refractivity contribution < 1.29 is 9.53 Å². The third-order valence-electron chi connectivity index (χ3n) is 5.48. The van der Waals surface area contributed by atoms with E-state index in [1.165, 1.54) is 0 Å². The number of para-hydroxylation sites is 1.